The molecule has 1 aliphatic heterocycles. The Morgan fingerprint density at radius 3 is 3.11 bits per heavy atom. The van der Waals surface area contributed by atoms with Crippen LogP contribution < -0.4 is 10.1 Å². The molecule has 1 saturated heterocycles. The van der Waals surface area contributed by atoms with Gasteiger partial charge in [0.25, 0.3) is 0 Å². The van der Waals surface area contributed by atoms with E-state index >= 15 is 0 Å². The number of nitrogens with one attached hydrogen (secondary N) is 1. The van der Waals surface area contributed by atoms with Gasteiger partial charge in [-0.1, -0.05) is 13.0 Å². The highest BCUT2D eigenvalue weighted by molar-refractivity contribution is 5.48. The molecule has 0 radical (unpaired) electrons. The number of hydrogen-bond donors (Lipinski definition) is 1. The van der Waals surface area contributed by atoms with Gasteiger partial charge in [0, 0.05) is 30.8 Å². The molecule has 3 heteroatoms. The molecule has 1 aromatic carbocycles. The van der Waals surface area contributed by atoms with E-state index in [1.54, 1.807) is 0 Å². The van der Waals surface area contributed by atoms with Gasteiger partial charge in [-0.05, 0) is 31.9 Å². The first-order valence-corrected chi connectivity index (χ1v) is 6.86. The molecular formula is C15H23NO2. The highest BCUT2D eigenvalue weighted by Gasteiger charge is 2.14. The smallest absolute Gasteiger partial charge is 0.121 e. The van der Waals surface area contributed by atoms with Gasteiger partial charge in [-0.15, -0.1) is 0 Å². The Kier molecular flexibility index (Phi) is 4.88. The minimum Gasteiger partial charge on any atom is -0.491 e. The zero-order chi connectivity index (χ0) is 12.8. The van der Waals surface area contributed by atoms with Gasteiger partial charge < -0.3 is 14.8 Å². The third-order valence-corrected chi connectivity index (χ3v) is 3.37. The van der Waals surface area contributed by atoms with Crippen LogP contribution >= 0.6 is 0 Å². The van der Waals surface area contributed by atoms with Crippen LogP contribution in [0.1, 0.15) is 26.7 Å². The zero-order valence-corrected chi connectivity index (χ0v) is 11.3. The van der Waals surface area contributed by atoms with E-state index in [1.807, 2.05) is 12.1 Å². The van der Waals surface area contributed by atoms with Gasteiger partial charge in [-0.25, -0.2) is 0 Å². The largest absolute Gasteiger partial charge is 0.491 e. The molecule has 0 spiro atoms. The third-order valence-electron chi connectivity index (χ3n) is 3.37. The first-order chi connectivity index (χ1) is 8.78. The lowest BCUT2D eigenvalue weighted by Crippen LogP contribution is -2.14. The molecule has 1 heterocycles. The lowest BCUT2D eigenvalue weighted by Gasteiger charge is -2.15. The summed E-state index contributed by atoms with van der Waals surface area (Å²) in [5, 5.41) is 3.46. The highest BCUT2D eigenvalue weighted by Crippen LogP contribution is 2.20. The Balaban J connectivity index is 1.86. The molecule has 0 aromatic heterocycles. The Morgan fingerprint density at radius 1 is 1.50 bits per heavy atom. The molecule has 100 valence electrons. The molecule has 2 unspecified atom stereocenters. The average Bonchev–Trinajstić information content (AvgIpc) is 2.90. The van der Waals surface area contributed by atoms with Crippen molar-refractivity contribution in [1.29, 1.82) is 0 Å². The summed E-state index contributed by atoms with van der Waals surface area (Å²) in [4.78, 5) is 0. The van der Waals surface area contributed by atoms with Crippen molar-refractivity contribution in [2.45, 2.75) is 32.8 Å². The van der Waals surface area contributed by atoms with Crippen molar-refractivity contribution in [3.05, 3.63) is 24.3 Å². The summed E-state index contributed by atoms with van der Waals surface area (Å²) in [6.07, 6.45) is 2.45. The van der Waals surface area contributed by atoms with E-state index < -0.39 is 0 Å². The molecule has 0 aliphatic carbocycles. The fourth-order valence-electron chi connectivity index (χ4n) is 2.00. The number of ether oxygens (including phenoxy) is 2. The van der Waals surface area contributed by atoms with Crippen LogP contribution in [-0.4, -0.2) is 25.9 Å². The molecule has 0 saturated carbocycles. The van der Waals surface area contributed by atoms with Crippen LogP contribution in [0.2, 0.25) is 0 Å². The number of anilines is 1. The van der Waals surface area contributed by atoms with Crippen LogP contribution in [0.5, 0.6) is 5.75 Å². The average molecular weight is 249 g/mol. The Bertz CT molecular complexity index is 361. The summed E-state index contributed by atoms with van der Waals surface area (Å²) >= 11 is 0. The van der Waals surface area contributed by atoms with E-state index in [-0.39, 0.29) is 6.10 Å². The van der Waals surface area contributed by atoms with E-state index in [0.717, 1.165) is 44.0 Å². The van der Waals surface area contributed by atoms with Crippen molar-refractivity contribution in [3.8, 4) is 5.75 Å². The van der Waals surface area contributed by atoms with Crippen LogP contribution in [0.3, 0.4) is 0 Å². The Hall–Kier alpha value is -1.22. The lowest BCUT2D eigenvalue weighted by atomic mass is 10.1. The Morgan fingerprint density at radius 2 is 2.39 bits per heavy atom. The topological polar surface area (TPSA) is 30.5 Å². The second-order valence-electron chi connectivity index (χ2n) is 4.98. The first-order valence-electron chi connectivity index (χ1n) is 6.86. The molecule has 3 nitrogen and oxygen atoms in total. The van der Waals surface area contributed by atoms with Crippen LogP contribution in [0, 0.1) is 5.92 Å². The lowest BCUT2D eigenvalue weighted by molar-refractivity contribution is 0.187. The van der Waals surface area contributed by atoms with Crippen molar-refractivity contribution >= 4 is 5.69 Å². The monoisotopic (exact) mass is 249 g/mol. The predicted molar refractivity (Wildman–Crippen MR) is 74.2 cm³/mol. The van der Waals surface area contributed by atoms with Crippen molar-refractivity contribution in [2.75, 3.05) is 25.1 Å². The minimum atomic E-state index is 0.267. The second kappa shape index (κ2) is 6.64. The van der Waals surface area contributed by atoms with Crippen molar-refractivity contribution in [1.82, 2.24) is 0 Å². The van der Waals surface area contributed by atoms with E-state index in [9.17, 15) is 0 Å². The standard InChI is InChI=1S/C15H23NO2/c1-3-12(2)18-15-6-4-5-14(9-15)16-10-13-7-8-17-11-13/h4-6,9,12-13,16H,3,7-8,10-11H2,1-2H3. The summed E-state index contributed by atoms with van der Waals surface area (Å²) in [6, 6.07) is 8.20. The highest BCUT2D eigenvalue weighted by atomic mass is 16.5. The van der Waals surface area contributed by atoms with Gasteiger partial charge in [-0.3, -0.25) is 0 Å². The molecule has 2 rings (SSSR count). The van der Waals surface area contributed by atoms with Crippen LogP contribution in [0.15, 0.2) is 24.3 Å². The zero-order valence-electron chi connectivity index (χ0n) is 11.3. The summed E-state index contributed by atoms with van der Waals surface area (Å²) in [6.45, 7) is 7.00. The molecule has 1 N–H and O–H groups in total. The van der Waals surface area contributed by atoms with Crippen molar-refractivity contribution < 1.29 is 9.47 Å². The van der Waals surface area contributed by atoms with Gasteiger partial charge in [0.2, 0.25) is 0 Å². The fraction of sp³-hybridized carbons (Fsp3) is 0.600. The van der Waals surface area contributed by atoms with E-state index in [2.05, 4.69) is 31.3 Å². The minimum absolute atomic E-state index is 0.267. The van der Waals surface area contributed by atoms with Gasteiger partial charge in [0.1, 0.15) is 5.75 Å². The molecular weight excluding hydrogens is 226 g/mol. The molecule has 2 atom stereocenters. The van der Waals surface area contributed by atoms with Crippen molar-refractivity contribution in [2.24, 2.45) is 5.92 Å². The maximum absolute atomic E-state index is 5.81. The quantitative estimate of drug-likeness (QED) is 0.839. The van der Waals surface area contributed by atoms with Gasteiger partial charge >= 0.3 is 0 Å². The van der Waals surface area contributed by atoms with Gasteiger partial charge in [-0.2, -0.15) is 0 Å². The van der Waals surface area contributed by atoms with E-state index in [0.29, 0.717) is 5.92 Å². The number of benzene rings is 1. The fourth-order valence-corrected chi connectivity index (χ4v) is 2.00. The molecule has 1 fully saturated rings. The van der Waals surface area contributed by atoms with Crippen LogP contribution in [0.25, 0.3) is 0 Å². The molecule has 18 heavy (non-hydrogen) atoms. The van der Waals surface area contributed by atoms with Crippen LogP contribution in [-0.2, 0) is 4.74 Å². The maximum Gasteiger partial charge on any atom is 0.121 e. The maximum atomic E-state index is 5.81. The first kappa shape index (κ1) is 13.2. The molecule has 0 bridgehead atoms. The van der Waals surface area contributed by atoms with E-state index in [1.165, 1.54) is 0 Å². The predicted octanol–water partition coefficient (Wildman–Crippen LogP) is 3.31. The second-order valence-corrected chi connectivity index (χ2v) is 4.98. The molecule has 1 aromatic rings. The van der Waals surface area contributed by atoms with Crippen molar-refractivity contribution in [3.63, 3.8) is 0 Å². The van der Waals surface area contributed by atoms with E-state index in [4.69, 9.17) is 9.47 Å². The van der Waals surface area contributed by atoms with Crippen LogP contribution in [0.4, 0.5) is 5.69 Å². The molecule has 0 amide bonds. The number of rotatable bonds is 6. The number of hydrogen-bond acceptors (Lipinski definition) is 3. The summed E-state index contributed by atoms with van der Waals surface area (Å²) in [5.41, 5.74) is 1.13. The van der Waals surface area contributed by atoms with Gasteiger partial charge in [0.15, 0.2) is 0 Å². The normalized spacial score (nSPS) is 20.7. The van der Waals surface area contributed by atoms with Gasteiger partial charge in [0.05, 0.1) is 12.7 Å². The third kappa shape index (κ3) is 3.91. The summed E-state index contributed by atoms with van der Waals surface area (Å²) in [5.74, 6) is 1.58. The SMILES string of the molecule is CCC(C)Oc1cccc(NCC2CCOC2)c1. The Labute approximate surface area is 109 Å². The summed E-state index contributed by atoms with van der Waals surface area (Å²) in [7, 11) is 0. The molecule has 1 aliphatic rings. The summed E-state index contributed by atoms with van der Waals surface area (Å²) < 4.78 is 11.2.